The second kappa shape index (κ2) is 35.6. The zero-order valence-corrected chi connectivity index (χ0v) is 32.5. The number of hydrogen-bond acceptors (Lipinski definition) is 2. The van der Waals surface area contributed by atoms with Gasteiger partial charge in [0, 0.05) is 25.5 Å². The summed E-state index contributed by atoms with van der Waals surface area (Å²) in [5, 5.41) is 0. The van der Waals surface area contributed by atoms with Crippen molar-refractivity contribution in [1.82, 2.24) is 9.80 Å². The van der Waals surface area contributed by atoms with Crippen LogP contribution in [0.5, 0.6) is 0 Å². The van der Waals surface area contributed by atoms with Crippen molar-refractivity contribution in [2.75, 3.05) is 13.1 Å². The van der Waals surface area contributed by atoms with Gasteiger partial charge in [-0.05, 0) is 25.7 Å². The van der Waals surface area contributed by atoms with Gasteiger partial charge in [0.25, 0.3) is 0 Å². The van der Waals surface area contributed by atoms with Gasteiger partial charge in [-0.25, -0.2) is 0 Å². The average Bonchev–Trinajstić information content (AvgIpc) is 3.45. The molecule has 0 spiro atoms. The van der Waals surface area contributed by atoms with Crippen molar-refractivity contribution < 1.29 is 0 Å². The van der Waals surface area contributed by atoms with Crippen molar-refractivity contribution in [3.05, 3.63) is 12.4 Å². The molecule has 0 aromatic carbocycles. The Kier molecular flexibility index (Phi) is 33.6. The summed E-state index contributed by atoms with van der Waals surface area (Å²) in [5.74, 6) is 0. The molecule has 1 aliphatic rings. The van der Waals surface area contributed by atoms with Gasteiger partial charge in [0.2, 0.25) is 0 Å². The largest absolute Gasteiger partial charge is 0.356 e. The highest BCUT2D eigenvalue weighted by Gasteiger charge is 2.24. The SMILES string of the molecule is CCCCCCCCCCCCCCCCN1C=CN(CCCCCCCCCC)C1CCCCCCCCCCCCCCC. The van der Waals surface area contributed by atoms with Crippen molar-refractivity contribution in [1.29, 1.82) is 0 Å². The molecule has 1 unspecified atom stereocenters. The first-order valence-electron chi connectivity index (χ1n) is 22.0. The van der Waals surface area contributed by atoms with Crippen LogP contribution in [-0.4, -0.2) is 29.1 Å². The third kappa shape index (κ3) is 27.3. The first-order chi connectivity index (χ1) is 22.8. The molecule has 0 aromatic rings. The van der Waals surface area contributed by atoms with Gasteiger partial charge in [-0.3, -0.25) is 0 Å². The minimum atomic E-state index is 0.638. The summed E-state index contributed by atoms with van der Waals surface area (Å²) in [6, 6.07) is 0. The fourth-order valence-corrected chi connectivity index (χ4v) is 7.60. The van der Waals surface area contributed by atoms with E-state index >= 15 is 0 Å². The Hall–Kier alpha value is -0.660. The molecule has 274 valence electrons. The molecule has 1 rings (SSSR count). The van der Waals surface area contributed by atoms with Crippen LogP contribution in [-0.2, 0) is 0 Å². The third-order valence-electron chi connectivity index (χ3n) is 10.8. The van der Waals surface area contributed by atoms with Gasteiger partial charge in [0.15, 0.2) is 0 Å². The molecule has 1 aliphatic heterocycles. The van der Waals surface area contributed by atoms with E-state index in [4.69, 9.17) is 0 Å². The molecule has 0 saturated carbocycles. The van der Waals surface area contributed by atoms with Gasteiger partial charge in [0.1, 0.15) is 6.17 Å². The lowest BCUT2D eigenvalue weighted by molar-refractivity contribution is 0.135. The smallest absolute Gasteiger partial charge is 0.101 e. The Morgan fingerprint density at radius 2 is 0.500 bits per heavy atom. The average molecular weight is 645 g/mol. The van der Waals surface area contributed by atoms with Crippen molar-refractivity contribution in [2.45, 2.75) is 258 Å². The maximum absolute atomic E-state index is 2.73. The number of nitrogens with zero attached hydrogens (tertiary/aromatic N) is 2. The lowest BCUT2D eigenvalue weighted by Gasteiger charge is -2.33. The van der Waals surface area contributed by atoms with E-state index in [0.29, 0.717) is 6.17 Å². The van der Waals surface area contributed by atoms with E-state index in [1.165, 1.54) is 244 Å². The normalized spacial score (nSPS) is 14.7. The fraction of sp³-hybridized carbons (Fsp3) is 0.955. The monoisotopic (exact) mass is 645 g/mol. The van der Waals surface area contributed by atoms with Crippen LogP contribution < -0.4 is 0 Å². The van der Waals surface area contributed by atoms with Crippen LogP contribution >= 0.6 is 0 Å². The summed E-state index contributed by atoms with van der Waals surface area (Å²) in [6.07, 6.45) is 57.4. The van der Waals surface area contributed by atoms with Gasteiger partial charge < -0.3 is 9.80 Å². The minimum Gasteiger partial charge on any atom is -0.356 e. The van der Waals surface area contributed by atoms with E-state index in [2.05, 4.69) is 43.0 Å². The van der Waals surface area contributed by atoms with Crippen molar-refractivity contribution in [3.63, 3.8) is 0 Å². The van der Waals surface area contributed by atoms with E-state index in [1.807, 2.05) is 0 Å². The summed E-state index contributed by atoms with van der Waals surface area (Å²) in [4.78, 5) is 5.45. The lowest BCUT2D eigenvalue weighted by Crippen LogP contribution is -2.39. The van der Waals surface area contributed by atoms with E-state index in [-0.39, 0.29) is 0 Å². The second-order valence-corrected chi connectivity index (χ2v) is 15.4. The molecular weight excluding hydrogens is 556 g/mol. The maximum atomic E-state index is 2.73. The molecule has 0 saturated heterocycles. The molecular formula is C44H88N2. The Morgan fingerprint density at radius 1 is 0.283 bits per heavy atom. The highest BCUT2D eigenvalue weighted by Crippen LogP contribution is 2.24. The Balaban J connectivity index is 2.19. The molecule has 2 nitrogen and oxygen atoms in total. The predicted octanol–water partition coefficient (Wildman–Crippen LogP) is 15.5. The summed E-state index contributed by atoms with van der Waals surface area (Å²) < 4.78 is 0. The zero-order valence-electron chi connectivity index (χ0n) is 32.5. The first-order valence-corrected chi connectivity index (χ1v) is 22.0. The quantitative estimate of drug-likeness (QED) is 0.0617. The van der Waals surface area contributed by atoms with E-state index < -0.39 is 0 Å². The summed E-state index contributed by atoms with van der Waals surface area (Å²) in [5.41, 5.74) is 0. The lowest BCUT2D eigenvalue weighted by atomic mass is 10.0. The van der Waals surface area contributed by atoms with Gasteiger partial charge in [-0.1, -0.05) is 226 Å². The number of unbranched alkanes of at least 4 members (excludes halogenated alkanes) is 32. The van der Waals surface area contributed by atoms with Gasteiger partial charge in [-0.15, -0.1) is 0 Å². The Labute approximate surface area is 292 Å². The molecule has 46 heavy (non-hydrogen) atoms. The van der Waals surface area contributed by atoms with E-state index in [0.717, 1.165) is 0 Å². The first kappa shape index (κ1) is 43.4. The van der Waals surface area contributed by atoms with Crippen LogP contribution in [0.2, 0.25) is 0 Å². The Morgan fingerprint density at radius 3 is 0.761 bits per heavy atom. The van der Waals surface area contributed by atoms with Crippen molar-refractivity contribution in [3.8, 4) is 0 Å². The van der Waals surface area contributed by atoms with Gasteiger partial charge >= 0.3 is 0 Å². The molecule has 0 amide bonds. The molecule has 0 aliphatic carbocycles. The number of hydrogen-bond donors (Lipinski definition) is 0. The second-order valence-electron chi connectivity index (χ2n) is 15.4. The van der Waals surface area contributed by atoms with Crippen LogP contribution in [0.25, 0.3) is 0 Å². The summed E-state index contributed by atoms with van der Waals surface area (Å²) in [6.45, 7) is 9.49. The van der Waals surface area contributed by atoms with Crippen LogP contribution in [0, 0.1) is 0 Å². The summed E-state index contributed by atoms with van der Waals surface area (Å²) >= 11 is 0. The molecule has 0 radical (unpaired) electrons. The zero-order chi connectivity index (χ0) is 33.0. The summed E-state index contributed by atoms with van der Waals surface area (Å²) in [7, 11) is 0. The predicted molar refractivity (Wildman–Crippen MR) is 210 cm³/mol. The molecule has 0 N–H and O–H groups in total. The highest BCUT2D eigenvalue weighted by molar-refractivity contribution is 4.97. The fourth-order valence-electron chi connectivity index (χ4n) is 7.60. The minimum absolute atomic E-state index is 0.638. The third-order valence-corrected chi connectivity index (χ3v) is 10.8. The van der Waals surface area contributed by atoms with Crippen LogP contribution in [0.3, 0.4) is 0 Å². The van der Waals surface area contributed by atoms with E-state index in [1.54, 1.807) is 0 Å². The van der Waals surface area contributed by atoms with E-state index in [9.17, 15) is 0 Å². The molecule has 0 aromatic heterocycles. The highest BCUT2D eigenvalue weighted by atomic mass is 15.4. The molecule has 1 heterocycles. The molecule has 0 bridgehead atoms. The Bertz CT molecular complexity index is 601. The van der Waals surface area contributed by atoms with Gasteiger partial charge in [0.05, 0.1) is 0 Å². The molecule has 2 heteroatoms. The molecule has 0 fully saturated rings. The molecule has 1 atom stereocenters. The standard InChI is InChI=1S/C44H88N2/c1-4-7-10-13-16-19-21-23-25-27-29-32-35-38-41-46-43-42-45(40-37-34-31-18-15-12-9-6-3)44(46)39-36-33-30-28-26-24-22-20-17-14-11-8-5-2/h42-44H,4-41H2,1-3H3. The van der Waals surface area contributed by atoms with Crippen LogP contribution in [0.1, 0.15) is 252 Å². The van der Waals surface area contributed by atoms with Crippen molar-refractivity contribution in [2.24, 2.45) is 0 Å². The maximum Gasteiger partial charge on any atom is 0.101 e. The van der Waals surface area contributed by atoms with Crippen LogP contribution in [0.15, 0.2) is 12.4 Å². The van der Waals surface area contributed by atoms with Crippen LogP contribution in [0.4, 0.5) is 0 Å². The number of rotatable bonds is 38. The van der Waals surface area contributed by atoms with Crippen molar-refractivity contribution >= 4 is 0 Å². The topological polar surface area (TPSA) is 6.48 Å². The van der Waals surface area contributed by atoms with Gasteiger partial charge in [-0.2, -0.15) is 0 Å².